The Kier molecular flexibility index (Phi) is 2.76. The van der Waals surface area contributed by atoms with Crippen molar-refractivity contribution in [2.75, 3.05) is 0 Å². The van der Waals surface area contributed by atoms with Crippen LogP contribution in [0, 0.1) is 5.82 Å². The van der Waals surface area contributed by atoms with Crippen molar-refractivity contribution in [1.82, 2.24) is 0 Å². The molecule has 0 aliphatic heterocycles. The lowest BCUT2D eigenvalue weighted by molar-refractivity contribution is 0.459. The van der Waals surface area contributed by atoms with Crippen molar-refractivity contribution in [1.29, 1.82) is 0 Å². The van der Waals surface area contributed by atoms with Crippen LogP contribution in [0.3, 0.4) is 0 Å². The van der Waals surface area contributed by atoms with Gasteiger partial charge in [0.1, 0.15) is 12.5 Å². The first-order valence-electron chi connectivity index (χ1n) is 3.75. The largest absolute Gasteiger partial charge is 0.324 e. The minimum atomic E-state index is -0.785. The molecule has 0 bridgehead atoms. The highest BCUT2D eigenvalue weighted by Crippen LogP contribution is 2.18. The molecule has 1 unspecified atom stereocenters. The number of hydrogen-bond donors (Lipinski definition) is 1. The number of halogens is 2. The van der Waals surface area contributed by atoms with E-state index >= 15 is 0 Å². The molecule has 0 saturated carbocycles. The number of benzene rings is 1. The van der Waals surface area contributed by atoms with Gasteiger partial charge in [-0.2, -0.15) is 0 Å². The van der Waals surface area contributed by atoms with E-state index in [2.05, 4.69) is 0 Å². The SMILES string of the molecule is CC(N)c1cccc(CF)c1F. The Morgan fingerprint density at radius 3 is 2.67 bits per heavy atom. The summed E-state index contributed by atoms with van der Waals surface area (Å²) in [7, 11) is 0. The third-order valence-electron chi connectivity index (χ3n) is 1.74. The van der Waals surface area contributed by atoms with Crippen molar-refractivity contribution < 1.29 is 8.78 Å². The van der Waals surface area contributed by atoms with Gasteiger partial charge in [0.15, 0.2) is 0 Å². The zero-order chi connectivity index (χ0) is 9.14. The van der Waals surface area contributed by atoms with Crippen molar-refractivity contribution in [3.8, 4) is 0 Å². The van der Waals surface area contributed by atoms with Gasteiger partial charge in [0.05, 0.1) is 0 Å². The molecule has 0 fully saturated rings. The van der Waals surface area contributed by atoms with E-state index in [1.54, 1.807) is 19.1 Å². The van der Waals surface area contributed by atoms with Gasteiger partial charge in [-0.1, -0.05) is 18.2 Å². The normalized spacial score (nSPS) is 13.0. The summed E-state index contributed by atoms with van der Waals surface area (Å²) in [5.74, 6) is -0.519. The second-order valence-electron chi connectivity index (χ2n) is 2.74. The van der Waals surface area contributed by atoms with Gasteiger partial charge in [-0.15, -0.1) is 0 Å². The lowest BCUT2D eigenvalue weighted by atomic mass is 10.1. The molecule has 2 N–H and O–H groups in total. The predicted octanol–water partition coefficient (Wildman–Crippen LogP) is 2.31. The molecule has 1 aromatic rings. The summed E-state index contributed by atoms with van der Waals surface area (Å²) in [4.78, 5) is 0. The summed E-state index contributed by atoms with van der Waals surface area (Å²) >= 11 is 0. The van der Waals surface area contributed by atoms with E-state index in [0.29, 0.717) is 5.56 Å². The molecule has 0 spiro atoms. The molecule has 0 aromatic heterocycles. The second kappa shape index (κ2) is 3.63. The maximum absolute atomic E-state index is 13.2. The van der Waals surface area contributed by atoms with Crippen LogP contribution in [0.25, 0.3) is 0 Å². The summed E-state index contributed by atoms with van der Waals surface area (Å²) in [6.07, 6.45) is 0. The average molecular weight is 171 g/mol. The van der Waals surface area contributed by atoms with Crippen LogP contribution in [-0.2, 0) is 6.67 Å². The van der Waals surface area contributed by atoms with Crippen molar-refractivity contribution in [3.63, 3.8) is 0 Å². The molecule has 3 heteroatoms. The third-order valence-corrected chi connectivity index (χ3v) is 1.74. The summed E-state index contributed by atoms with van der Waals surface area (Å²) in [5, 5.41) is 0. The number of hydrogen-bond acceptors (Lipinski definition) is 1. The zero-order valence-electron chi connectivity index (χ0n) is 6.85. The lowest BCUT2D eigenvalue weighted by Gasteiger charge is -2.08. The second-order valence-corrected chi connectivity index (χ2v) is 2.74. The van der Waals surface area contributed by atoms with Crippen molar-refractivity contribution in [3.05, 3.63) is 35.1 Å². The molecule has 1 nitrogen and oxygen atoms in total. The molecular formula is C9H11F2N. The molecule has 1 aromatic carbocycles. The maximum Gasteiger partial charge on any atom is 0.133 e. The van der Waals surface area contributed by atoms with E-state index in [0.717, 1.165) is 0 Å². The minimum Gasteiger partial charge on any atom is -0.324 e. The van der Waals surface area contributed by atoms with Crippen molar-refractivity contribution in [2.24, 2.45) is 5.73 Å². The lowest BCUT2D eigenvalue weighted by Crippen LogP contribution is -2.08. The summed E-state index contributed by atoms with van der Waals surface area (Å²) in [5.41, 5.74) is 5.92. The molecular weight excluding hydrogens is 160 g/mol. The minimum absolute atomic E-state index is 0.0739. The average Bonchev–Trinajstić information content (AvgIpc) is 2.04. The van der Waals surface area contributed by atoms with Gasteiger partial charge in [0.2, 0.25) is 0 Å². The predicted molar refractivity (Wildman–Crippen MR) is 43.8 cm³/mol. The van der Waals surface area contributed by atoms with E-state index in [9.17, 15) is 8.78 Å². The summed E-state index contributed by atoms with van der Waals surface area (Å²) in [6, 6.07) is 4.20. The van der Waals surface area contributed by atoms with Gasteiger partial charge < -0.3 is 5.73 Å². The molecule has 0 aliphatic rings. The first kappa shape index (κ1) is 9.13. The number of alkyl halides is 1. The van der Waals surface area contributed by atoms with Crippen molar-refractivity contribution in [2.45, 2.75) is 19.6 Å². The van der Waals surface area contributed by atoms with Crippen molar-refractivity contribution >= 4 is 0 Å². The molecule has 0 radical (unpaired) electrons. The van der Waals surface area contributed by atoms with Gasteiger partial charge in [-0.3, -0.25) is 0 Å². The van der Waals surface area contributed by atoms with Crippen LogP contribution in [0.2, 0.25) is 0 Å². The van der Waals surface area contributed by atoms with E-state index < -0.39 is 18.5 Å². The molecule has 0 saturated heterocycles. The quantitative estimate of drug-likeness (QED) is 0.726. The highest BCUT2D eigenvalue weighted by molar-refractivity contribution is 5.27. The van der Waals surface area contributed by atoms with Crippen LogP contribution in [0.5, 0.6) is 0 Å². The fourth-order valence-corrected chi connectivity index (χ4v) is 1.05. The molecule has 0 aliphatic carbocycles. The third kappa shape index (κ3) is 1.61. The molecule has 12 heavy (non-hydrogen) atoms. The van der Waals surface area contributed by atoms with Crippen LogP contribution in [0.15, 0.2) is 18.2 Å². The van der Waals surface area contributed by atoms with Crippen LogP contribution in [0.1, 0.15) is 24.1 Å². The smallest absolute Gasteiger partial charge is 0.133 e. The van der Waals surface area contributed by atoms with Gasteiger partial charge >= 0.3 is 0 Å². The Hall–Kier alpha value is -0.960. The van der Waals surface area contributed by atoms with Crippen LogP contribution >= 0.6 is 0 Å². The molecule has 66 valence electrons. The van der Waals surface area contributed by atoms with Crippen LogP contribution in [0.4, 0.5) is 8.78 Å². The summed E-state index contributed by atoms with van der Waals surface area (Å²) < 4.78 is 25.4. The van der Waals surface area contributed by atoms with E-state index in [4.69, 9.17) is 5.73 Å². The number of rotatable bonds is 2. The molecule has 0 heterocycles. The highest BCUT2D eigenvalue weighted by atomic mass is 19.1. The van der Waals surface area contributed by atoms with Crippen LogP contribution in [-0.4, -0.2) is 0 Å². The van der Waals surface area contributed by atoms with Crippen LogP contribution < -0.4 is 5.73 Å². The maximum atomic E-state index is 13.2. The molecule has 0 amide bonds. The standard InChI is InChI=1S/C9H11F2N/c1-6(12)8-4-2-3-7(5-10)9(8)11/h2-4,6H,5,12H2,1H3. The fourth-order valence-electron chi connectivity index (χ4n) is 1.05. The van der Waals surface area contributed by atoms with Gasteiger partial charge in [0, 0.05) is 17.2 Å². The Bertz CT molecular complexity index is 271. The first-order valence-corrected chi connectivity index (χ1v) is 3.75. The van der Waals surface area contributed by atoms with Gasteiger partial charge in [-0.05, 0) is 6.92 Å². The Labute approximate surface area is 70.2 Å². The molecule has 1 rings (SSSR count). The first-order chi connectivity index (χ1) is 5.66. The Balaban J connectivity index is 3.14. The van der Waals surface area contributed by atoms with E-state index in [1.165, 1.54) is 6.07 Å². The number of nitrogens with two attached hydrogens (primary N) is 1. The zero-order valence-corrected chi connectivity index (χ0v) is 6.85. The summed E-state index contributed by atoms with van der Waals surface area (Å²) in [6.45, 7) is 0.882. The monoisotopic (exact) mass is 171 g/mol. The Morgan fingerprint density at radius 2 is 2.17 bits per heavy atom. The highest BCUT2D eigenvalue weighted by Gasteiger charge is 2.09. The van der Waals surface area contributed by atoms with Gasteiger partial charge in [0.25, 0.3) is 0 Å². The van der Waals surface area contributed by atoms with E-state index in [-0.39, 0.29) is 5.56 Å². The molecule has 1 atom stereocenters. The fraction of sp³-hybridized carbons (Fsp3) is 0.333. The van der Waals surface area contributed by atoms with Gasteiger partial charge in [-0.25, -0.2) is 8.78 Å². The Morgan fingerprint density at radius 1 is 1.50 bits per heavy atom. The topological polar surface area (TPSA) is 26.0 Å². The van der Waals surface area contributed by atoms with E-state index in [1.807, 2.05) is 0 Å².